The Morgan fingerprint density at radius 3 is 2.16 bits per heavy atom. The zero-order valence-electron chi connectivity index (χ0n) is 21.3. The summed E-state index contributed by atoms with van der Waals surface area (Å²) in [5.41, 5.74) is -0.649. The van der Waals surface area contributed by atoms with Crippen LogP contribution in [0.15, 0.2) is 48.7 Å². The third-order valence-electron chi connectivity index (χ3n) is 7.67. The predicted octanol–water partition coefficient (Wildman–Crippen LogP) is 6.16. The maximum atomic E-state index is 14.0. The van der Waals surface area contributed by atoms with E-state index >= 15 is 0 Å². The summed E-state index contributed by atoms with van der Waals surface area (Å²) in [4.78, 5) is 32.4. The fourth-order valence-electron chi connectivity index (χ4n) is 6.04. The van der Waals surface area contributed by atoms with Gasteiger partial charge in [-0.1, -0.05) is 70.4 Å². The molecule has 9 heteroatoms. The number of rotatable bonds is 5. The molecule has 2 aliphatic rings. The van der Waals surface area contributed by atoms with Crippen molar-refractivity contribution >= 4 is 17.7 Å². The Kier molecular flexibility index (Phi) is 7.53. The summed E-state index contributed by atoms with van der Waals surface area (Å²) in [6, 6.07) is 9.13. The number of likely N-dealkylation sites (tertiary alicyclic amines) is 1. The van der Waals surface area contributed by atoms with E-state index in [9.17, 15) is 27.9 Å². The van der Waals surface area contributed by atoms with E-state index in [4.69, 9.17) is 0 Å². The van der Waals surface area contributed by atoms with E-state index in [1.807, 2.05) is 51.1 Å². The Hall–Kier alpha value is -3.10. The number of aromatic nitrogens is 1. The minimum absolute atomic E-state index is 0.167. The molecular weight excluding hydrogens is 483 g/mol. The van der Waals surface area contributed by atoms with E-state index in [2.05, 4.69) is 10.3 Å². The monoisotopic (exact) mass is 517 g/mol. The van der Waals surface area contributed by atoms with Gasteiger partial charge >= 0.3 is 12.1 Å². The van der Waals surface area contributed by atoms with Crippen molar-refractivity contribution in [1.82, 2.24) is 9.88 Å². The number of hydrogen-bond acceptors (Lipinski definition) is 4. The molecule has 2 N–H and O–H groups in total. The number of aliphatic carboxylic acids is 1. The quantitative estimate of drug-likeness (QED) is 0.496. The Balaban J connectivity index is 1.82. The lowest BCUT2D eigenvalue weighted by Crippen LogP contribution is -2.49. The smallest absolute Gasteiger partial charge is 0.417 e. The molecule has 1 aromatic carbocycles. The van der Waals surface area contributed by atoms with E-state index in [0.717, 1.165) is 49.9 Å². The van der Waals surface area contributed by atoms with Crippen molar-refractivity contribution in [3.05, 3.63) is 59.8 Å². The second-order valence-electron chi connectivity index (χ2n) is 11.2. The first kappa shape index (κ1) is 26.9. The van der Waals surface area contributed by atoms with Gasteiger partial charge in [-0.05, 0) is 36.0 Å². The van der Waals surface area contributed by atoms with Crippen LogP contribution in [0, 0.1) is 17.3 Å². The highest BCUT2D eigenvalue weighted by Crippen LogP contribution is 2.50. The predicted molar refractivity (Wildman–Crippen MR) is 134 cm³/mol. The van der Waals surface area contributed by atoms with Gasteiger partial charge in [-0.15, -0.1) is 0 Å². The Labute approximate surface area is 215 Å². The van der Waals surface area contributed by atoms with Gasteiger partial charge in [0.15, 0.2) is 0 Å². The molecule has 6 nitrogen and oxygen atoms in total. The fraction of sp³-hybridized carbons (Fsp3) is 0.536. The molecule has 1 saturated carbocycles. The number of nitrogens with one attached hydrogen (secondary N) is 1. The lowest BCUT2D eigenvalue weighted by molar-refractivity contribution is -0.154. The maximum Gasteiger partial charge on any atom is 0.417 e. The van der Waals surface area contributed by atoms with Gasteiger partial charge in [0.2, 0.25) is 5.91 Å². The highest BCUT2D eigenvalue weighted by atomic mass is 19.4. The van der Waals surface area contributed by atoms with Crippen molar-refractivity contribution in [2.45, 2.75) is 77.2 Å². The molecule has 0 radical (unpaired) electrons. The maximum absolute atomic E-state index is 14.0. The third-order valence-corrected chi connectivity index (χ3v) is 7.67. The highest BCUT2D eigenvalue weighted by molar-refractivity contribution is 5.87. The summed E-state index contributed by atoms with van der Waals surface area (Å²) >= 11 is 0. The molecule has 2 aromatic rings. The number of carboxylic acids is 1. The van der Waals surface area contributed by atoms with Crippen LogP contribution in [0.25, 0.3) is 0 Å². The minimum Gasteiger partial charge on any atom is -0.480 e. The van der Waals surface area contributed by atoms with E-state index in [-0.39, 0.29) is 17.6 Å². The van der Waals surface area contributed by atoms with Crippen molar-refractivity contribution in [2.24, 2.45) is 17.3 Å². The second-order valence-corrected chi connectivity index (χ2v) is 11.2. The summed E-state index contributed by atoms with van der Waals surface area (Å²) in [6.07, 6.45) is 0.611. The highest BCUT2D eigenvalue weighted by Gasteiger charge is 2.58. The summed E-state index contributed by atoms with van der Waals surface area (Å²) in [5.74, 6) is -1.85. The van der Waals surface area contributed by atoms with Gasteiger partial charge in [-0.2, -0.15) is 13.2 Å². The first-order valence-corrected chi connectivity index (χ1v) is 12.8. The molecule has 4 atom stereocenters. The third kappa shape index (κ3) is 5.60. The average Bonchev–Trinajstić information content (AvgIpc) is 3.20. The van der Waals surface area contributed by atoms with Crippen molar-refractivity contribution in [1.29, 1.82) is 0 Å². The van der Waals surface area contributed by atoms with Crippen molar-refractivity contribution < 1.29 is 27.9 Å². The molecule has 1 aliphatic carbocycles. The number of anilines is 1. The largest absolute Gasteiger partial charge is 0.480 e. The molecule has 2 fully saturated rings. The summed E-state index contributed by atoms with van der Waals surface area (Å²) in [7, 11) is 0. The molecule has 2 heterocycles. The Morgan fingerprint density at radius 1 is 1.00 bits per heavy atom. The SMILES string of the molecule is CC(C)(C)C1C(Nc2ccc(C(F)(F)F)cn2)C(c2ccccc2)N(C(=O)C2CCCCC2)C1C(=O)O. The van der Waals surface area contributed by atoms with E-state index < -0.39 is 47.2 Å². The molecule has 1 aliphatic heterocycles. The van der Waals surface area contributed by atoms with Crippen LogP contribution in [0.3, 0.4) is 0 Å². The lowest BCUT2D eigenvalue weighted by Gasteiger charge is -2.36. The number of hydrogen-bond donors (Lipinski definition) is 2. The Morgan fingerprint density at radius 2 is 1.65 bits per heavy atom. The van der Waals surface area contributed by atoms with Crippen LogP contribution in [-0.4, -0.2) is 39.0 Å². The number of carbonyl (C=O) groups excluding carboxylic acids is 1. The number of benzene rings is 1. The number of amides is 1. The molecule has 4 rings (SSSR count). The van der Waals surface area contributed by atoms with Crippen LogP contribution in [0.1, 0.15) is 70.0 Å². The number of nitrogens with zero attached hydrogens (tertiary/aromatic N) is 2. The number of alkyl halides is 3. The molecule has 200 valence electrons. The van der Waals surface area contributed by atoms with E-state index in [0.29, 0.717) is 0 Å². The summed E-state index contributed by atoms with van der Waals surface area (Å²) in [6.45, 7) is 5.79. The van der Waals surface area contributed by atoms with Gasteiger partial charge in [0.05, 0.1) is 17.6 Å². The van der Waals surface area contributed by atoms with Gasteiger partial charge in [0.1, 0.15) is 11.9 Å². The van der Waals surface area contributed by atoms with Crippen LogP contribution >= 0.6 is 0 Å². The van der Waals surface area contributed by atoms with Crippen molar-refractivity contribution in [3.63, 3.8) is 0 Å². The van der Waals surface area contributed by atoms with Crippen LogP contribution in [0.4, 0.5) is 19.0 Å². The Bertz CT molecular complexity index is 1090. The van der Waals surface area contributed by atoms with Crippen LogP contribution < -0.4 is 5.32 Å². The van der Waals surface area contributed by atoms with Gasteiger partial charge in [-0.3, -0.25) is 4.79 Å². The number of pyridine rings is 1. The van der Waals surface area contributed by atoms with Gasteiger partial charge in [-0.25, -0.2) is 9.78 Å². The molecule has 37 heavy (non-hydrogen) atoms. The van der Waals surface area contributed by atoms with Crippen LogP contribution in [0.5, 0.6) is 0 Å². The van der Waals surface area contributed by atoms with Gasteiger partial charge in [0.25, 0.3) is 0 Å². The molecule has 1 amide bonds. The molecule has 0 bridgehead atoms. The summed E-state index contributed by atoms with van der Waals surface area (Å²) < 4.78 is 39.3. The summed E-state index contributed by atoms with van der Waals surface area (Å²) in [5, 5.41) is 13.7. The van der Waals surface area contributed by atoms with E-state index in [1.54, 1.807) is 4.90 Å². The number of carbonyl (C=O) groups is 2. The fourth-order valence-corrected chi connectivity index (χ4v) is 6.04. The average molecular weight is 518 g/mol. The first-order chi connectivity index (χ1) is 17.4. The number of halogens is 3. The van der Waals surface area contributed by atoms with E-state index in [1.165, 1.54) is 6.07 Å². The molecule has 1 saturated heterocycles. The zero-order valence-corrected chi connectivity index (χ0v) is 21.3. The second kappa shape index (κ2) is 10.3. The van der Waals surface area contributed by atoms with Crippen molar-refractivity contribution in [2.75, 3.05) is 5.32 Å². The van der Waals surface area contributed by atoms with Crippen molar-refractivity contribution in [3.8, 4) is 0 Å². The molecule has 1 aromatic heterocycles. The minimum atomic E-state index is -4.52. The normalized spacial score (nSPS) is 25.2. The zero-order chi connectivity index (χ0) is 27.0. The lowest BCUT2D eigenvalue weighted by atomic mass is 9.72. The van der Waals surface area contributed by atoms with Crippen LogP contribution in [0.2, 0.25) is 0 Å². The molecule has 0 spiro atoms. The van der Waals surface area contributed by atoms with Gasteiger partial charge in [0, 0.05) is 18.0 Å². The molecular formula is C28H34F3N3O3. The standard InChI is InChI=1S/C28H34F3N3O3/c1-27(2,3)21-22(33-20-15-14-19(16-32-20)28(29,30)31)23(17-10-6-4-7-11-17)34(24(21)26(36)37)25(35)18-12-8-5-9-13-18/h4,6-7,10-11,14-16,18,21-24H,5,8-9,12-13H2,1-3H3,(H,32,33)(H,36,37). The van der Waals surface area contributed by atoms with Gasteiger partial charge < -0.3 is 15.3 Å². The topological polar surface area (TPSA) is 82.5 Å². The molecule has 4 unspecified atom stereocenters. The number of carboxylic acid groups (broad SMARTS) is 1. The van der Waals surface area contributed by atoms with Crippen LogP contribution in [-0.2, 0) is 15.8 Å². The first-order valence-electron chi connectivity index (χ1n) is 12.8.